The van der Waals surface area contributed by atoms with E-state index >= 15 is 0 Å². The van der Waals surface area contributed by atoms with Crippen LogP contribution in [0.1, 0.15) is 76.6 Å². The van der Waals surface area contributed by atoms with Crippen LogP contribution in [0.3, 0.4) is 0 Å². The van der Waals surface area contributed by atoms with Gasteiger partial charge >= 0.3 is 5.97 Å². The smallest absolute Gasteiger partial charge is 0.320 e. The molecule has 2 rings (SSSR count). The van der Waals surface area contributed by atoms with E-state index < -0.39 is 35.0 Å². The molecule has 14 nitrogen and oxygen atoms in total. The number of anilines is 1. The maximum atomic E-state index is 12.8. The number of nitrogens with one attached hydrogen (secondary N) is 4. The number of likely N-dealkylation sites (N-methyl/N-ethyl adjacent to an activating group) is 1. The molecule has 0 spiro atoms. The van der Waals surface area contributed by atoms with Crippen molar-refractivity contribution in [1.29, 1.82) is 0 Å². The third-order valence-electron chi connectivity index (χ3n) is 8.62. The van der Waals surface area contributed by atoms with Gasteiger partial charge in [-0.1, -0.05) is 6.92 Å². The van der Waals surface area contributed by atoms with Crippen LogP contribution in [0.25, 0.3) is 0 Å². The van der Waals surface area contributed by atoms with Gasteiger partial charge in [-0.3, -0.25) is 34.2 Å². The number of nitrogens with zero attached hydrogens (tertiary/aromatic N) is 1. The third-order valence-corrected chi connectivity index (χ3v) is 8.62. The molecule has 1 aliphatic heterocycles. The molecule has 0 saturated carbocycles. The molecular formula is C34H56N6O8. The maximum Gasteiger partial charge on any atom is 0.320 e. The van der Waals surface area contributed by atoms with Crippen molar-refractivity contribution in [2.75, 3.05) is 65.0 Å². The Morgan fingerprint density at radius 3 is 2.31 bits per heavy atom. The van der Waals surface area contributed by atoms with E-state index in [1.807, 2.05) is 24.0 Å². The van der Waals surface area contributed by atoms with Gasteiger partial charge in [-0.15, -0.1) is 0 Å². The lowest BCUT2D eigenvalue weighted by molar-refractivity contribution is -0.139. The Balaban J connectivity index is 1.60. The van der Waals surface area contributed by atoms with Gasteiger partial charge in [0.25, 0.3) is 5.91 Å². The fourth-order valence-corrected chi connectivity index (χ4v) is 5.19. The van der Waals surface area contributed by atoms with E-state index in [1.165, 1.54) is 0 Å². The monoisotopic (exact) mass is 676 g/mol. The summed E-state index contributed by atoms with van der Waals surface area (Å²) in [6, 6.07) is 5.84. The van der Waals surface area contributed by atoms with Crippen molar-refractivity contribution < 1.29 is 38.6 Å². The first kappa shape index (κ1) is 40.7. The second kappa shape index (κ2) is 20.2. The predicted octanol–water partition coefficient (Wildman–Crippen LogP) is 1.33. The van der Waals surface area contributed by atoms with Crippen molar-refractivity contribution in [3.63, 3.8) is 0 Å². The Morgan fingerprint density at radius 2 is 1.69 bits per heavy atom. The Bertz CT molecular complexity index is 1210. The van der Waals surface area contributed by atoms with Crippen LogP contribution < -0.4 is 27.0 Å². The van der Waals surface area contributed by atoms with Crippen LogP contribution in [-0.4, -0.2) is 122 Å². The Morgan fingerprint density at radius 1 is 1.00 bits per heavy atom. The Hall–Kier alpha value is -3.43. The zero-order valence-electron chi connectivity index (χ0n) is 29.2. The van der Waals surface area contributed by atoms with Gasteiger partial charge in [0.05, 0.1) is 36.9 Å². The minimum absolute atomic E-state index is 0.0159. The minimum Gasteiger partial charge on any atom is -0.480 e. The van der Waals surface area contributed by atoms with Crippen molar-refractivity contribution in [3.05, 3.63) is 29.8 Å². The number of carbonyl (C=O) groups is 5. The lowest BCUT2D eigenvalue weighted by Gasteiger charge is -2.29. The highest BCUT2D eigenvalue weighted by molar-refractivity contribution is 5.94. The highest BCUT2D eigenvalue weighted by atomic mass is 16.5. The average Bonchev–Trinajstić information content (AvgIpc) is 3.72. The van der Waals surface area contributed by atoms with Crippen LogP contribution in [0, 0.1) is 0 Å². The van der Waals surface area contributed by atoms with E-state index in [-0.39, 0.29) is 50.1 Å². The molecule has 7 N–H and O–H groups in total. The van der Waals surface area contributed by atoms with Gasteiger partial charge in [-0.25, -0.2) is 0 Å². The summed E-state index contributed by atoms with van der Waals surface area (Å²) in [6.45, 7) is 10.5. The number of carbonyl (C=O) groups excluding carboxylic acids is 4. The highest BCUT2D eigenvalue weighted by Crippen LogP contribution is 2.33. The molecule has 14 heteroatoms. The predicted molar refractivity (Wildman–Crippen MR) is 183 cm³/mol. The first-order valence-corrected chi connectivity index (χ1v) is 16.8. The molecule has 1 saturated heterocycles. The summed E-state index contributed by atoms with van der Waals surface area (Å²) in [5, 5.41) is 21.0. The highest BCUT2D eigenvalue weighted by Gasteiger charge is 2.52. The van der Waals surface area contributed by atoms with E-state index in [4.69, 9.17) is 20.3 Å². The van der Waals surface area contributed by atoms with E-state index in [0.29, 0.717) is 51.1 Å². The number of amides is 2. The lowest BCUT2D eigenvalue weighted by atomic mass is 9.96. The number of carboxylic acids is 1. The molecule has 2 amide bonds. The number of Topliss-reactive ketones (excluding diaryl/α,β-unsaturated/α-hetero) is 2. The number of unbranched alkanes of at least 4 members (excludes halogenated alkanes) is 1. The van der Waals surface area contributed by atoms with E-state index in [1.54, 1.807) is 33.0 Å². The zero-order valence-corrected chi connectivity index (χ0v) is 29.2. The first-order valence-electron chi connectivity index (χ1n) is 16.8. The Labute approximate surface area is 284 Å². The number of carboxylic acid groups (broad SMARTS) is 1. The van der Waals surface area contributed by atoms with Crippen LogP contribution >= 0.6 is 0 Å². The van der Waals surface area contributed by atoms with Crippen molar-refractivity contribution in [1.82, 2.24) is 20.9 Å². The summed E-state index contributed by atoms with van der Waals surface area (Å²) in [4.78, 5) is 63.1. The molecule has 0 radical (unpaired) electrons. The molecular weight excluding hydrogens is 620 g/mol. The number of hydrogen-bond donors (Lipinski definition) is 6. The van der Waals surface area contributed by atoms with Crippen molar-refractivity contribution in [2.24, 2.45) is 5.73 Å². The van der Waals surface area contributed by atoms with Crippen molar-refractivity contribution >= 4 is 35.0 Å². The molecule has 4 atom stereocenters. The maximum absolute atomic E-state index is 12.8. The number of ketones is 2. The summed E-state index contributed by atoms with van der Waals surface area (Å²) in [5.74, 6) is -1.92. The molecule has 1 unspecified atom stereocenters. The molecule has 0 aromatic heterocycles. The SMILES string of the molecule is CCCNc1ccc(C(=O)NCCCC[C@H](NC(C)(C)C(=O)COCCOCC[N@]2CC2(C)C(=O)CC[C@H](NC)C(=O)O)C(N)=O)cc1. The zero-order chi connectivity index (χ0) is 35.7. The van der Waals surface area contributed by atoms with Gasteiger partial charge in [0.2, 0.25) is 5.91 Å². The number of ether oxygens (including phenoxy) is 2. The van der Waals surface area contributed by atoms with Crippen LogP contribution in [0.2, 0.25) is 0 Å². The fraction of sp³-hybridized carbons (Fsp3) is 0.676. The fourth-order valence-electron chi connectivity index (χ4n) is 5.19. The van der Waals surface area contributed by atoms with Crippen LogP contribution in [-0.2, 0) is 28.7 Å². The second-order valence-electron chi connectivity index (χ2n) is 12.9. The summed E-state index contributed by atoms with van der Waals surface area (Å²) in [7, 11) is 1.56. The number of rotatable bonds is 27. The average molecular weight is 677 g/mol. The van der Waals surface area contributed by atoms with Crippen LogP contribution in [0.5, 0.6) is 0 Å². The molecule has 0 bridgehead atoms. The summed E-state index contributed by atoms with van der Waals surface area (Å²) in [6.07, 6.45) is 3.11. The van der Waals surface area contributed by atoms with E-state index in [9.17, 15) is 24.0 Å². The van der Waals surface area contributed by atoms with Crippen molar-refractivity contribution in [3.8, 4) is 0 Å². The molecule has 1 aromatic rings. The number of hydrogen-bond acceptors (Lipinski definition) is 11. The van der Waals surface area contributed by atoms with Crippen LogP contribution in [0.15, 0.2) is 24.3 Å². The molecule has 270 valence electrons. The molecule has 1 aromatic carbocycles. The third kappa shape index (κ3) is 13.6. The van der Waals surface area contributed by atoms with Crippen molar-refractivity contribution in [2.45, 2.75) is 89.4 Å². The second-order valence-corrected chi connectivity index (χ2v) is 12.9. The molecule has 1 heterocycles. The molecule has 0 aliphatic carbocycles. The minimum atomic E-state index is -1.05. The van der Waals surface area contributed by atoms with Gasteiger partial charge in [-0.05, 0) is 84.2 Å². The van der Waals surface area contributed by atoms with Gasteiger partial charge in [0.15, 0.2) is 11.6 Å². The van der Waals surface area contributed by atoms with Gasteiger partial charge in [-0.2, -0.15) is 0 Å². The standard InChI is InChI=1S/C34H56N6O8/c1-6-16-37-25-12-10-24(11-13-25)31(44)38-17-8-7-9-26(30(35)43)39-33(2,3)29(42)22-48-21-20-47-19-18-40-23-34(40,4)28(41)15-14-27(36-5)32(45)46/h10-13,26-27,36-37,39H,6-9,14-23H2,1-5H3,(H2,35,43)(H,38,44)(H,45,46)/t26-,27-,34?,40+/m0/s1. The summed E-state index contributed by atoms with van der Waals surface area (Å²) < 4.78 is 11.1. The summed E-state index contributed by atoms with van der Waals surface area (Å²) in [5.41, 5.74) is 5.52. The van der Waals surface area contributed by atoms with E-state index in [2.05, 4.69) is 28.2 Å². The van der Waals surface area contributed by atoms with Crippen LogP contribution in [0.4, 0.5) is 5.69 Å². The molecule has 1 fully saturated rings. The Kier molecular flexibility index (Phi) is 17.1. The topological polar surface area (TPSA) is 201 Å². The van der Waals surface area contributed by atoms with Gasteiger partial charge < -0.3 is 36.3 Å². The quantitative estimate of drug-likeness (QED) is 0.0578. The number of primary amides is 1. The first-order chi connectivity index (χ1) is 22.7. The van der Waals surface area contributed by atoms with E-state index in [0.717, 1.165) is 18.7 Å². The number of nitrogens with two attached hydrogens (primary N) is 1. The largest absolute Gasteiger partial charge is 0.480 e. The normalized spacial score (nSPS) is 18.5. The van der Waals surface area contributed by atoms with Gasteiger partial charge in [0, 0.05) is 43.9 Å². The van der Waals surface area contributed by atoms with Gasteiger partial charge in [0.1, 0.15) is 12.6 Å². The molecule has 48 heavy (non-hydrogen) atoms. The number of benzene rings is 1. The molecule has 1 aliphatic rings. The number of aliphatic carboxylic acids is 1. The summed E-state index contributed by atoms with van der Waals surface area (Å²) >= 11 is 0. The lowest BCUT2D eigenvalue weighted by Crippen LogP contribution is -2.56.